The second-order valence-corrected chi connectivity index (χ2v) is 4.95. The minimum atomic E-state index is -3.37. The van der Waals surface area contributed by atoms with Gasteiger partial charge in [-0.1, -0.05) is 62.9 Å². The Morgan fingerprint density at radius 1 is 0.952 bits per heavy atom. The largest absolute Gasteiger partial charge is 3.00 e. The van der Waals surface area contributed by atoms with Crippen LogP contribution in [0.5, 0.6) is 0 Å². The molecule has 0 saturated heterocycles. The molecule has 0 bridgehead atoms. The van der Waals surface area contributed by atoms with Gasteiger partial charge in [-0.15, -0.1) is 0 Å². The van der Waals surface area contributed by atoms with E-state index in [0.717, 1.165) is 0 Å². The molecule has 0 aliphatic heterocycles. The summed E-state index contributed by atoms with van der Waals surface area (Å²) >= 11 is 0. The summed E-state index contributed by atoms with van der Waals surface area (Å²) in [6.07, 6.45) is 11.0. The quantitative estimate of drug-likeness (QED) is 0.274. The first kappa shape index (κ1) is 27.8. The zero-order valence-electron chi connectivity index (χ0n) is 12.6. The van der Waals surface area contributed by atoms with Crippen LogP contribution in [0.2, 0.25) is 0 Å². The van der Waals surface area contributed by atoms with E-state index in [1.54, 1.807) is 0 Å². The molecule has 0 heterocycles. The Morgan fingerprint density at radius 3 is 1.86 bits per heavy atom. The zero-order valence-corrected chi connectivity index (χ0v) is 19.9. The number of rotatable bonds is 8. The van der Waals surface area contributed by atoms with Crippen molar-refractivity contribution in [2.75, 3.05) is 0 Å². The van der Waals surface area contributed by atoms with Crippen molar-refractivity contribution in [3.63, 3.8) is 0 Å². The van der Waals surface area contributed by atoms with Crippen LogP contribution in [-0.4, -0.2) is 0 Å². The average Bonchev–Trinajstić information content (AvgIpc) is 2.38. The summed E-state index contributed by atoms with van der Waals surface area (Å²) < 4.78 is 8.48. The Bertz CT molecular complexity index is 320. The van der Waals surface area contributed by atoms with Crippen molar-refractivity contribution in [2.24, 2.45) is 0 Å². The zero-order chi connectivity index (χ0) is 14.3. The van der Waals surface area contributed by atoms with Gasteiger partial charge >= 0.3 is 81.7 Å². The molecule has 0 N–H and O–H groups in total. The molecule has 0 atom stereocenters. The summed E-state index contributed by atoms with van der Waals surface area (Å²) in [5, 5.41) is 0. The molecular weight excluding hydrogens is 548 g/mol. The van der Waals surface area contributed by atoms with Crippen molar-refractivity contribution >= 4 is 8.25 Å². The second kappa shape index (κ2) is 21.9. The fourth-order valence-electron chi connectivity index (χ4n) is 1.87. The second-order valence-electron chi connectivity index (χ2n) is 4.50. The van der Waals surface area contributed by atoms with Crippen LogP contribution in [-0.2, 0) is 11.0 Å². The third-order valence-corrected chi connectivity index (χ3v) is 2.86. The molecule has 0 fully saturated rings. The summed E-state index contributed by atoms with van der Waals surface area (Å²) in [4.78, 5) is 17.0. The van der Waals surface area contributed by atoms with Crippen molar-refractivity contribution in [1.82, 2.24) is 0 Å². The topological polar surface area (TPSA) is 63.2 Å². The number of hydrogen-bond donors (Lipinski definition) is 0. The molecule has 1 rings (SSSR count). The molecule has 0 aliphatic rings. The molecule has 0 saturated carbocycles. The molecular formula is C15H23Nd2O3P+4. The van der Waals surface area contributed by atoms with E-state index in [1.165, 1.54) is 56.9 Å². The van der Waals surface area contributed by atoms with Crippen LogP contribution in [0, 0.1) is 87.7 Å². The van der Waals surface area contributed by atoms with Gasteiger partial charge in [-0.05, 0) is 0 Å². The fraction of sp³-hybridized carbons (Fsp3) is 0.600. The SMILES string of the molecule is CCCCCCCCCc1cc[c-]cc1.O=[P+]([O-])[O-].[Nd+3].[Nd+3]. The molecule has 2 radical (unpaired) electrons. The summed E-state index contributed by atoms with van der Waals surface area (Å²) in [5.41, 5.74) is 1.46. The van der Waals surface area contributed by atoms with E-state index in [4.69, 9.17) is 14.4 Å². The van der Waals surface area contributed by atoms with Crippen LogP contribution in [0.1, 0.15) is 57.4 Å². The monoisotopic (exact) mass is 566 g/mol. The van der Waals surface area contributed by atoms with E-state index in [2.05, 4.69) is 25.1 Å². The molecule has 1 aromatic carbocycles. The molecule has 110 valence electrons. The van der Waals surface area contributed by atoms with E-state index in [1.807, 2.05) is 12.1 Å². The first-order valence-electron chi connectivity index (χ1n) is 6.93. The molecule has 6 heteroatoms. The van der Waals surface area contributed by atoms with Crippen LogP contribution in [0.3, 0.4) is 0 Å². The first-order chi connectivity index (χ1) is 9.16. The van der Waals surface area contributed by atoms with Crippen molar-refractivity contribution in [1.29, 1.82) is 0 Å². The Morgan fingerprint density at radius 2 is 1.38 bits per heavy atom. The van der Waals surface area contributed by atoms with E-state index in [0.29, 0.717) is 0 Å². The van der Waals surface area contributed by atoms with E-state index >= 15 is 0 Å². The van der Waals surface area contributed by atoms with Crippen LogP contribution >= 0.6 is 8.25 Å². The van der Waals surface area contributed by atoms with Crippen LogP contribution in [0.15, 0.2) is 24.3 Å². The average molecular weight is 571 g/mol. The van der Waals surface area contributed by atoms with Crippen molar-refractivity contribution in [3.05, 3.63) is 35.9 Å². The minimum Gasteiger partial charge on any atom is -0.598 e. The number of benzene rings is 1. The van der Waals surface area contributed by atoms with E-state index in [9.17, 15) is 0 Å². The summed E-state index contributed by atoms with van der Waals surface area (Å²) in [7, 11) is -3.37. The summed E-state index contributed by atoms with van der Waals surface area (Å²) in [6.45, 7) is 2.27. The van der Waals surface area contributed by atoms with Gasteiger partial charge in [-0.3, -0.25) is 0 Å². The standard InChI is InChI=1S/C15H23.2Nd.HO3P/c1-2-3-4-5-6-7-9-12-15-13-10-8-11-14-15;;;1-4(2)3/h10-11,13-14H,2-7,9,12H2,1H3;;;(H,1,2,3)/q-1;2*+3;/p-1. The maximum atomic E-state index is 8.48. The van der Waals surface area contributed by atoms with Gasteiger partial charge in [0.15, 0.2) is 0 Å². The summed E-state index contributed by atoms with van der Waals surface area (Å²) in [5.74, 6) is 0. The molecule has 1 aromatic rings. The maximum absolute atomic E-state index is 8.48. The maximum Gasteiger partial charge on any atom is 3.00 e. The normalized spacial score (nSPS) is 8.71. The van der Waals surface area contributed by atoms with Gasteiger partial charge in [0.05, 0.1) is 0 Å². The van der Waals surface area contributed by atoms with Crippen molar-refractivity contribution < 1.29 is 96.0 Å². The van der Waals surface area contributed by atoms with E-state index < -0.39 is 8.25 Å². The van der Waals surface area contributed by atoms with Crippen LogP contribution in [0.4, 0.5) is 0 Å². The van der Waals surface area contributed by atoms with Gasteiger partial charge < -0.3 is 9.79 Å². The van der Waals surface area contributed by atoms with Gasteiger partial charge in [0.1, 0.15) is 0 Å². The van der Waals surface area contributed by atoms with Gasteiger partial charge in [0, 0.05) is 0 Å². The van der Waals surface area contributed by atoms with Crippen LogP contribution < -0.4 is 9.79 Å². The number of unbranched alkanes of at least 4 members (excludes halogenated alkanes) is 6. The van der Waals surface area contributed by atoms with Gasteiger partial charge in [0.25, 0.3) is 8.25 Å². The molecule has 0 unspecified atom stereocenters. The molecule has 0 amide bonds. The Hall–Kier alpha value is 1.94. The predicted molar refractivity (Wildman–Crippen MR) is 74.6 cm³/mol. The van der Waals surface area contributed by atoms with Crippen molar-refractivity contribution in [3.8, 4) is 0 Å². The Balaban J connectivity index is -0.000000482. The molecule has 0 spiro atoms. The molecule has 0 aromatic heterocycles. The third-order valence-electron chi connectivity index (χ3n) is 2.86. The Kier molecular flexibility index (Phi) is 29.0. The Labute approximate surface area is 195 Å². The van der Waals surface area contributed by atoms with Gasteiger partial charge in [-0.2, -0.15) is 35.9 Å². The molecule has 21 heavy (non-hydrogen) atoms. The number of hydrogen-bond acceptors (Lipinski definition) is 3. The first-order valence-corrected chi connectivity index (χ1v) is 8.03. The smallest absolute Gasteiger partial charge is 0.598 e. The minimum absolute atomic E-state index is 0. The van der Waals surface area contributed by atoms with Gasteiger partial charge in [0.2, 0.25) is 0 Å². The van der Waals surface area contributed by atoms with E-state index in [-0.39, 0.29) is 81.7 Å². The van der Waals surface area contributed by atoms with Crippen LogP contribution in [0.25, 0.3) is 0 Å². The molecule has 3 nitrogen and oxygen atoms in total. The fourth-order valence-corrected chi connectivity index (χ4v) is 1.87. The van der Waals surface area contributed by atoms with Crippen molar-refractivity contribution in [2.45, 2.75) is 58.3 Å². The predicted octanol–water partition coefficient (Wildman–Crippen LogP) is 3.14. The third kappa shape index (κ3) is 24.3. The number of aryl methyl sites for hydroxylation is 1. The molecule has 0 aliphatic carbocycles. The van der Waals surface area contributed by atoms with Gasteiger partial charge in [-0.25, -0.2) is 0 Å². The summed E-state index contributed by atoms with van der Waals surface area (Å²) in [6, 6.07) is 11.4.